The lowest BCUT2D eigenvalue weighted by Gasteiger charge is -2.41. The summed E-state index contributed by atoms with van der Waals surface area (Å²) < 4.78 is 5.37. The Bertz CT molecular complexity index is 945. The van der Waals surface area contributed by atoms with E-state index in [1.54, 1.807) is 13.3 Å². The lowest BCUT2D eigenvalue weighted by molar-refractivity contribution is 0.0238. The van der Waals surface area contributed by atoms with Gasteiger partial charge in [0, 0.05) is 29.0 Å². The molecule has 0 amide bonds. The van der Waals surface area contributed by atoms with Crippen LogP contribution in [0.15, 0.2) is 24.4 Å². The Morgan fingerprint density at radius 3 is 2.71 bits per heavy atom. The van der Waals surface area contributed by atoms with Crippen molar-refractivity contribution in [1.29, 1.82) is 0 Å². The van der Waals surface area contributed by atoms with Crippen LogP contribution < -0.4 is 4.74 Å². The summed E-state index contributed by atoms with van der Waals surface area (Å²) in [6, 6.07) is 5.64. The second-order valence-corrected chi connectivity index (χ2v) is 12.3. The lowest BCUT2D eigenvalue weighted by atomic mass is 9.74. The number of rotatable bonds is 11. The number of hydrogen-bond acceptors (Lipinski definition) is 6. The van der Waals surface area contributed by atoms with Gasteiger partial charge in [0.05, 0.1) is 23.8 Å². The molecule has 0 spiro atoms. The molecule has 1 aromatic heterocycles. The fourth-order valence-electron chi connectivity index (χ4n) is 5.73. The van der Waals surface area contributed by atoms with Crippen molar-refractivity contribution in [2.24, 2.45) is 5.41 Å². The van der Waals surface area contributed by atoms with Gasteiger partial charge >= 0.3 is 0 Å². The Morgan fingerprint density at radius 2 is 2.00 bits per heavy atom. The van der Waals surface area contributed by atoms with Gasteiger partial charge < -0.3 is 19.8 Å². The number of ether oxygens (including phenoxy) is 1. The highest BCUT2D eigenvalue weighted by Gasteiger charge is 2.34. The summed E-state index contributed by atoms with van der Waals surface area (Å²) in [5.41, 5.74) is 1.37. The number of likely N-dealkylation sites (tertiary alicyclic amines) is 1. The van der Waals surface area contributed by atoms with Gasteiger partial charge in [-0.1, -0.05) is 30.9 Å². The van der Waals surface area contributed by atoms with Gasteiger partial charge in [0.15, 0.2) is 0 Å². The molecular formula is C28H41ClN2O3S. The molecule has 1 aromatic carbocycles. The number of halogens is 1. The standard InChI is InChI=1S/C28H41ClN2O3S/c1-34-21-8-9-25-23(18-21)27(24(29)19-30-25)26(33)10-11-28(20-32)12-15-31(16-13-28)14-5-17-35-22-6-3-2-4-7-22/h8-9,18-19,22,26,32-33H,2-7,10-17,20H2,1H3. The predicted octanol–water partition coefficient (Wildman–Crippen LogP) is 6.24. The van der Waals surface area contributed by atoms with Gasteiger partial charge in [-0.3, -0.25) is 4.98 Å². The number of benzene rings is 1. The first-order valence-electron chi connectivity index (χ1n) is 13.3. The van der Waals surface area contributed by atoms with Gasteiger partial charge in [-0.15, -0.1) is 0 Å². The van der Waals surface area contributed by atoms with Gasteiger partial charge in [-0.25, -0.2) is 0 Å². The minimum absolute atomic E-state index is 0.124. The van der Waals surface area contributed by atoms with Crippen LogP contribution in [0.25, 0.3) is 10.9 Å². The number of nitrogens with zero attached hydrogens (tertiary/aromatic N) is 2. The van der Waals surface area contributed by atoms with Crippen LogP contribution in [-0.2, 0) is 0 Å². The zero-order valence-electron chi connectivity index (χ0n) is 21.1. The van der Waals surface area contributed by atoms with E-state index in [0.29, 0.717) is 22.8 Å². The first kappa shape index (κ1) is 27.0. The maximum Gasteiger partial charge on any atom is 0.119 e. The van der Waals surface area contributed by atoms with E-state index in [4.69, 9.17) is 16.3 Å². The molecule has 5 nitrogen and oxygen atoms in total. The van der Waals surface area contributed by atoms with Crippen molar-refractivity contribution >= 4 is 34.3 Å². The van der Waals surface area contributed by atoms with Gasteiger partial charge in [-0.2, -0.15) is 11.8 Å². The van der Waals surface area contributed by atoms with Crippen molar-refractivity contribution in [2.75, 3.05) is 39.1 Å². The monoisotopic (exact) mass is 520 g/mol. The topological polar surface area (TPSA) is 65.8 Å². The van der Waals surface area contributed by atoms with Gasteiger partial charge in [0.25, 0.3) is 0 Å². The summed E-state index contributed by atoms with van der Waals surface area (Å²) in [6.07, 6.45) is 12.5. The van der Waals surface area contributed by atoms with Crippen molar-refractivity contribution in [1.82, 2.24) is 9.88 Å². The highest BCUT2D eigenvalue weighted by molar-refractivity contribution is 7.99. The molecule has 35 heavy (non-hydrogen) atoms. The fourth-order valence-corrected chi connectivity index (χ4v) is 7.30. The average Bonchev–Trinajstić information content (AvgIpc) is 2.90. The third-order valence-electron chi connectivity index (χ3n) is 8.13. The van der Waals surface area contributed by atoms with E-state index in [1.165, 1.54) is 44.3 Å². The van der Waals surface area contributed by atoms with E-state index in [1.807, 2.05) is 18.2 Å². The van der Waals surface area contributed by atoms with E-state index in [2.05, 4.69) is 21.6 Å². The van der Waals surface area contributed by atoms with Crippen LogP contribution in [0.5, 0.6) is 5.75 Å². The summed E-state index contributed by atoms with van der Waals surface area (Å²) in [6.45, 7) is 3.38. The SMILES string of the molecule is COc1ccc2ncc(Cl)c(C(O)CCC3(CO)CCN(CCCSC4CCCCC4)CC3)c2c1. The molecule has 2 aliphatic rings. The number of fused-ring (bicyclic) bond motifs is 1. The second kappa shape index (κ2) is 13.0. The number of aliphatic hydroxyl groups is 2. The zero-order valence-corrected chi connectivity index (χ0v) is 22.6. The molecule has 2 N–H and O–H groups in total. The number of aliphatic hydroxyl groups excluding tert-OH is 2. The van der Waals surface area contributed by atoms with E-state index in [9.17, 15) is 10.2 Å². The first-order valence-corrected chi connectivity index (χ1v) is 14.7. The molecule has 0 radical (unpaired) electrons. The van der Waals surface area contributed by atoms with Crippen LogP contribution in [0.2, 0.25) is 5.02 Å². The Morgan fingerprint density at radius 1 is 1.23 bits per heavy atom. The van der Waals surface area contributed by atoms with Crippen LogP contribution in [0, 0.1) is 5.41 Å². The number of piperidine rings is 1. The Balaban J connectivity index is 1.28. The molecule has 1 saturated heterocycles. The molecule has 4 rings (SSSR count). The molecule has 2 heterocycles. The van der Waals surface area contributed by atoms with Crippen molar-refractivity contribution in [3.63, 3.8) is 0 Å². The van der Waals surface area contributed by atoms with Gasteiger partial charge in [0.2, 0.25) is 0 Å². The van der Waals surface area contributed by atoms with Gasteiger partial charge in [0.1, 0.15) is 5.75 Å². The first-order chi connectivity index (χ1) is 17.0. The highest BCUT2D eigenvalue weighted by atomic mass is 35.5. The largest absolute Gasteiger partial charge is 0.497 e. The van der Waals surface area contributed by atoms with E-state index in [-0.39, 0.29) is 12.0 Å². The van der Waals surface area contributed by atoms with Crippen LogP contribution in [0.1, 0.15) is 75.9 Å². The fraction of sp³-hybridized carbons (Fsp3) is 0.679. The smallest absolute Gasteiger partial charge is 0.119 e. The minimum Gasteiger partial charge on any atom is -0.497 e. The number of hydrogen-bond donors (Lipinski definition) is 2. The van der Waals surface area contributed by atoms with Crippen LogP contribution >= 0.6 is 23.4 Å². The van der Waals surface area contributed by atoms with Crippen molar-refractivity contribution in [2.45, 2.75) is 75.6 Å². The molecular weight excluding hydrogens is 480 g/mol. The zero-order chi connectivity index (χ0) is 24.7. The second-order valence-electron chi connectivity index (χ2n) is 10.4. The number of pyridine rings is 1. The Kier molecular flexibility index (Phi) is 9.99. The third kappa shape index (κ3) is 7.04. The molecule has 7 heteroatoms. The maximum atomic E-state index is 11.2. The molecule has 1 unspecified atom stereocenters. The number of aromatic nitrogens is 1. The van der Waals surface area contributed by atoms with Crippen molar-refractivity contribution < 1.29 is 14.9 Å². The van der Waals surface area contributed by atoms with E-state index in [0.717, 1.165) is 55.0 Å². The van der Waals surface area contributed by atoms with Crippen LogP contribution in [-0.4, -0.2) is 64.5 Å². The minimum atomic E-state index is -0.710. The molecule has 1 aliphatic carbocycles. The molecule has 2 fully saturated rings. The number of methoxy groups -OCH3 is 1. The molecule has 1 saturated carbocycles. The maximum absolute atomic E-state index is 11.2. The lowest BCUT2D eigenvalue weighted by Crippen LogP contribution is -2.42. The normalized spacial score (nSPS) is 20.2. The summed E-state index contributed by atoms with van der Waals surface area (Å²) >= 11 is 8.68. The number of thioether (sulfide) groups is 1. The third-order valence-corrected chi connectivity index (χ3v) is 9.89. The summed E-state index contributed by atoms with van der Waals surface area (Å²) in [5, 5.41) is 23.7. The van der Waals surface area contributed by atoms with Crippen LogP contribution in [0.4, 0.5) is 0 Å². The van der Waals surface area contributed by atoms with Crippen LogP contribution in [0.3, 0.4) is 0 Å². The van der Waals surface area contributed by atoms with Crippen molar-refractivity contribution in [3.05, 3.63) is 35.0 Å². The predicted molar refractivity (Wildman–Crippen MR) is 147 cm³/mol. The molecule has 1 aliphatic heterocycles. The Hall–Kier alpha value is -1.05. The van der Waals surface area contributed by atoms with E-state index >= 15 is 0 Å². The Labute approximate surface area is 219 Å². The summed E-state index contributed by atoms with van der Waals surface area (Å²) in [7, 11) is 1.63. The molecule has 2 aromatic rings. The van der Waals surface area contributed by atoms with Crippen molar-refractivity contribution in [3.8, 4) is 5.75 Å². The highest BCUT2D eigenvalue weighted by Crippen LogP contribution is 2.40. The average molecular weight is 521 g/mol. The molecule has 1 atom stereocenters. The van der Waals surface area contributed by atoms with E-state index < -0.39 is 6.10 Å². The quantitative estimate of drug-likeness (QED) is 0.342. The summed E-state index contributed by atoms with van der Waals surface area (Å²) in [4.78, 5) is 6.96. The van der Waals surface area contributed by atoms with Gasteiger partial charge in [-0.05, 0) is 93.9 Å². The molecule has 0 bridgehead atoms. The summed E-state index contributed by atoms with van der Waals surface area (Å²) in [5.74, 6) is 1.98. The molecule has 194 valence electrons.